The molecule has 0 aliphatic heterocycles. The summed E-state index contributed by atoms with van der Waals surface area (Å²) in [5, 5.41) is 0. The Balaban J connectivity index is 2.62. The van der Waals surface area contributed by atoms with Gasteiger partial charge < -0.3 is 4.57 Å². The summed E-state index contributed by atoms with van der Waals surface area (Å²) in [5.41, 5.74) is 2.50. The minimum Gasteiger partial charge on any atom is -0.327 e. The highest BCUT2D eigenvalue weighted by Crippen LogP contribution is 2.25. The zero-order chi connectivity index (χ0) is 14.2. The molecule has 19 heavy (non-hydrogen) atoms. The lowest BCUT2D eigenvalue weighted by molar-refractivity contribution is 0.343. The fourth-order valence-electron chi connectivity index (χ4n) is 2.23. The second kappa shape index (κ2) is 5.12. The highest BCUT2D eigenvalue weighted by Gasteiger charge is 2.18. The van der Waals surface area contributed by atoms with Crippen molar-refractivity contribution < 1.29 is 4.39 Å². The van der Waals surface area contributed by atoms with Crippen LogP contribution in [0.5, 0.6) is 0 Å². The number of fused-ring (bicyclic) bond motifs is 1. The maximum Gasteiger partial charge on any atom is 0.128 e. The molecule has 0 aliphatic carbocycles. The Morgan fingerprint density at radius 3 is 2.58 bits per heavy atom. The first-order chi connectivity index (χ1) is 8.81. The van der Waals surface area contributed by atoms with Crippen molar-refractivity contribution in [1.82, 2.24) is 9.55 Å². The molecule has 0 bridgehead atoms. The van der Waals surface area contributed by atoms with Gasteiger partial charge in [-0.25, -0.2) is 9.37 Å². The average Bonchev–Trinajstić information content (AvgIpc) is 2.57. The van der Waals surface area contributed by atoms with Gasteiger partial charge in [0.05, 0.1) is 11.0 Å². The van der Waals surface area contributed by atoms with Crippen molar-refractivity contribution in [2.75, 3.05) is 5.88 Å². The lowest BCUT2D eigenvalue weighted by Gasteiger charge is -2.21. The number of aryl methyl sites for hydroxylation is 2. The van der Waals surface area contributed by atoms with Crippen LogP contribution in [0.3, 0.4) is 0 Å². The van der Waals surface area contributed by atoms with E-state index in [9.17, 15) is 4.39 Å². The molecule has 0 spiro atoms. The first-order valence-electron chi connectivity index (χ1n) is 6.53. The topological polar surface area (TPSA) is 17.8 Å². The fourth-order valence-corrected chi connectivity index (χ4v) is 2.40. The van der Waals surface area contributed by atoms with Crippen LogP contribution >= 0.6 is 11.6 Å². The quantitative estimate of drug-likeness (QED) is 0.767. The Morgan fingerprint density at radius 2 is 2.00 bits per heavy atom. The van der Waals surface area contributed by atoms with Crippen molar-refractivity contribution >= 4 is 22.6 Å². The molecular weight excluding hydrogens is 263 g/mol. The van der Waals surface area contributed by atoms with E-state index in [4.69, 9.17) is 11.6 Å². The molecule has 2 nitrogen and oxygen atoms in total. The van der Waals surface area contributed by atoms with E-state index in [1.54, 1.807) is 6.92 Å². The summed E-state index contributed by atoms with van der Waals surface area (Å²) in [7, 11) is 0. The number of nitrogens with zero attached hydrogens (tertiary/aromatic N) is 2. The van der Waals surface area contributed by atoms with Gasteiger partial charge in [-0.1, -0.05) is 20.8 Å². The van der Waals surface area contributed by atoms with E-state index in [1.165, 1.54) is 6.07 Å². The van der Waals surface area contributed by atoms with E-state index in [-0.39, 0.29) is 11.2 Å². The molecule has 104 valence electrons. The van der Waals surface area contributed by atoms with Gasteiger partial charge in [-0.3, -0.25) is 0 Å². The summed E-state index contributed by atoms with van der Waals surface area (Å²) in [5.74, 6) is 1.25. The minimum absolute atomic E-state index is 0.136. The van der Waals surface area contributed by atoms with Gasteiger partial charge >= 0.3 is 0 Å². The van der Waals surface area contributed by atoms with Crippen molar-refractivity contribution in [3.63, 3.8) is 0 Å². The molecule has 0 saturated heterocycles. The average molecular weight is 283 g/mol. The van der Waals surface area contributed by atoms with Crippen molar-refractivity contribution in [3.8, 4) is 0 Å². The Morgan fingerprint density at radius 1 is 1.32 bits per heavy atom. The molecule has 0 amide bonds. The van der Waals surface area contributed by atoms with Crippen molar-refractivity contribution in [2.24, 2.45) is 5.41 Å². The molecule has 1 aromatic carbocycles. The number of aromatic nitrogens is 2. The zero-order valence-corrected chi connectivity index (χ0v) is 12.7. The summed E-state index contributed by atoms with van der Waals surface area (Å²) in [6.45, 7) is 9.17. The highest BCUT2D eigenvalue weighted by atomic mass is 35.5. The number of imidazole rings is 1. The van der Waals surface area contributed by atoms with Crippen LogP contribution in [-0.2, 0) is 13.0 Å². The van der Waals surface area contributed by atoms with Crippen LogP contribution in [0.1, 0.15) is 32.2 Å². The van der Waals surface area contributed by atoms with Crippen LogP contribution in [0.4, 0.5) is 4.39 Å². The number of hydrogen-bond donors (Lipinski definition) is 0. The monoisotopic (exact) mass is 282 g/mol. The lowest BCUT2D eigenvalue weighted by Crippen LogP contribution is -2.17. The largest absolute Gasteiger partial charge is 0.327 e. The smallest absolute Gasteiger partial charge is 0.128 e. The Hall–Kier alpha value is -1.09. The molecule has 0 aliphatic rings. The molecule has 0 unspecified atom stereocenters. The third-order valence-corrected chi connectivity index (χ3v) is 3.25. The van der Waals surface area contributed by atoms with E-state index >= 15 is 0 Å². The molecule has 4 heteroatoms. The van der Waals surface area contributed by atoms with Gasteiger partial charge in [-0.15, -0.1) is 11.6 Å². The first kappa shape index (κ1) is 14.3. The fraction of sp³-hybridized carbons (Fsp3) is 0.533. The lowest BCUT2D eigenvalue weighted by atomic mass is 9.96. The second-order valence-electron chi connectivity index (χ2n) is 6.20. The summed E-state index contributed by atoms with van der Waals surface area (Å²) < 4.78 is 15.8. The number of halogens is 2. The normalized spacial score (nSPS) is 12.3. The molecular formula is C15H20ClFN2. The maximum absolute atomic E-state index is 13.6. The van der Waals surface area contributed by atoms with Gasteiger partial charge in [-0.2, -0.15) is 0 Å². The molecule has 0 saturated carbocycles. The first-order valence-corrected chi connectivity index (χ1v) is 7.06. The van der Waals surface area contributed by atoms with E-state index < -0.39 is 0 Å². The Kier molecular flexibility index (Phi) is 3.86. The third-order valence-electron chi connectivity index (χ3n) is 3.06. The summed E-state index contributed by atoms with van der Waals surface area (Å²) >= 11 is 5.84. The molecule has 0 radical (unpaired) electrons. The molecule has 2 aromatic rings. The highest BCUT2D eigenvalue weighted by molar-refractivity contribution is 6.17. The maximum atomic E-state index is 13.6. The molecule has 0 N–H and O–H groups in total. The van der Waals surface area contributed by atoms with E-state index in [0.29, 0.717) is 23.4 Å². The third kappa shape index (κ3) is 3.08. The van der Waals surface area contributed by atoms with Crippen LogP contribution in [0.15, 0.2) is 12.1 Å². The van der Waals surface area contributed by atoms with Crippen LogP contribution in [0, 0.1) is 18.2 Å². The van der Waals surface area contributed by atoms with Gasteiger partial charge in [0.2, 0.25) is 0 Å². The van der Waals surface area contributed by atoms with E-state index in [0.717, 1.165) is 17.9 Å². The number of rotatable bonds is 3. The summed E-state index contributed by atoms with van der Waals surface area (Å²) in [6.07, 6.45) is 0.701. The predicted molar refractivity (Wildman–Crippen MR) is 78.3 cm³/mol. The number of benzene rings is 1. The Bertz CT molecular complexity index is 596. The second-order valence-corrected chi connectivity index (χ2v) is 6.58. The van der Waals surface area contributed by atoms with Gasteiger partial charge in [0.1, 0.15) is 11.6 Å². The van der Waals surface area contributed by atoms with Gasteiger partial charge in [0.15, 0.2) is 0 Å². The van der Waals surface area contributed by atoms with Gasteiger partial charge in [-0.05, 0) is 24.0 Å². The molecule has 0 atom stereocenters. The van der Waals surface area contributed by atoms with Crippen molar-refractivity contribution in [1.29, 1.82) is 0 Å². The van der Waals surface area contributed by atoms with Crippen molar-refractivity contribution in [3.05, 3.63) is 29.3 Å². The standard InChI is InChI=1S/C15H20ClFN2/c1-10-7-13-12(8-11(10)17)18-14(5-6-16)19(13)9-15(2,3)4/h7-8H,5-6,9H2,1-4H3. The van der Waals surface area contributed by atoms with Crippen molar-refractivity contribution in [2.45, 2.75) is 40.7 Å². The predicted octanol–water partition coefficient (Wildman–Crippen LogP) is 4.31. The molecule has 1 aromatic heterocycles. The molecule has 1 heterocycles. The van der Waals surface area contributed by atoms with Crippen LogP contribution in [0.2, 0.25) is 0 Å². The van der Waals surface area contributed by atoms with Crippen LogP contribution in [0.25, 0.3) is 11.0 Å². The minimum atomic E-state index is -0.203. The van der Waals surface area contributed by atoms with E-state index in [2.05, 4.69) is 30.3 Å². The SMILES string of the molecule is Cc1cc2c(cc1F)nc(CCCl)n2CC(C)(C)C. The summed E-state index contributed by atoms with van der Waals surface area (Å²) in [4.78, 5) is 4.53. The Labute approximate surface area is 118 Å². The van der Waals surface area contributed by atoms with E-state index in [1.807, 2.05) is 6.07 Å². The molecule has 2 rings (SSSR count). The number of hydrogen-bond acceptors (Lipinski definition) is 1. The molecule has 0 fully saturated rings. The summed E-state index contributed by atoms with van der Waals surface area (Å²) in [6, 6.07) is 3.39. The zero-order valence-electron chi connectivity index (χ0n) is 11.9. The van der Waals surface area contributed by atoms with Gasteiger partial charge in [0.25, 0.3) is 0 Å². The van der Waals surface area contributed by atoms with Crippen LogP contribution < -0.4 is 0 Å². The van der Waals surface area contributed by atoms with Crippen LogP contribution in [-0.4, -0.2) is 15.4 Å². The van der Waals surface area contributed by atoms with Gasteiger partial charge in [0, 0.05) is 24.9 Å². The number of alkyl halides is 1.